The van der Waals surface area contributed by atoms with Crippen LogP contribution < -0.4 is 5.32 Å². The van der Waals surface area contributed by atoms with Crippen LogP contribution in [0.5, 0.6) is 0 Å². The van der Waals surface area contributed by atoms with Crippen LogP contribution in [0, 0.1) is 6.92 Å². The maximum Gasteiger partial charge on any atom is 0.254 e. The minimum atomic E-state index is -0.171. The van der Waals surface area contributed by atoms with Gasteiger partial charge in [-0.3, -0.25) is 9.59 Å². The molecule has 0 unspecified atom stereocenters. The third-order valence-corrected chi connectivity index (χ3v) is 4.55. The molecule has 0 aromatic carbocycles. The van der Waals surface area contributed by atoms with E-state index < -0.39 is 0 Å². The smallest absolute Gasteiger partial charge is 0.254 e. The number of aliphatic hydroxyl groups is 1. The number of carbonyl (C=O) groups excluding carboxylic acids is 2. The fraction of sp³-hybridized carbons (Fsp3) is 0.667. The quantitative estimate of drug-likeness (QED) is 0.656. The topological polar surface area (TPSA) is 105 Å². The van der Waals surface area contributed by atoms with E-state index in [9.17, 15) is 9.59 Å². The molecule has 1 aromatic heterocycles. The van der Waals surface area contributed by atoms with Crippen LogP contribution in [-0.2, 0) is 9.53 Å². The SMILES string of the molecule is COCCCNC(=O)c1cnc(C)nc1C1CCN(C(=O)CCO)CC1. The Morgan fingerprint density at radius 1 is 1.38 bits per heavy atom. The Morgan fingerprint density at radius 2 is 2.12 bits per heavy atom. The van der Waals surface area contributed by atoms with Crippen LogP contribution in [0.2, 0.25) is 0 Å². The van der Waals surface area contributed by atoms with Crippen LogP contribution in [0.25, 0.3) is 0 Å². The molecule has 2 rings (SSSR count). The average molecular weight is 364 g/mol. The van der Waals surface area contributed by atoms with Crippen molar-refractivity contribution in [3.63, 3.8) is 0 Å². The van der Waals surface area contributed by atoms with Crippen LogP contribution in [0.15, 0.2) is 6.20 Å². The van der Waals surface area contributed by atoms with Crippen molar-refractivity contribution in [2.45, 2.75) is 38.5 Å². The minimum absolute atomic E-state index is 0.0269. The van der Waals surface area contributed by atoms with Gasteiger partial charge in [-0.15, -0.1) is 0 Å². The molecule has 0 aliphatic carbocycles. The highest BCUT2D eigenvalue weighted by molar-refractivity contribution is 5.95. The predicted octanol–water partition coefficient (Wildman–Crippen LogP) is 0.640. The monoisotopic (exact) mass is 364 g/mol. The van der Waals surface area contributed by atoms with E-state index in [0.717, 1.165) is 25.0 Å². The number of piperidine rings is 1. The van der Waals surface area contributed by atoms with E-state index in [1.807, 2.05) is 6.92 Å². The number of carbonyl (C=O) groups is 2. The molecular formula is C18H28N4O4. The van der Waals surface area contributed by atoms with Gasteiger partial charge in [-0.1, -0.05) is 0 Å². The first-order valence-electron chi connectivity index (χ1n) is 9.06. The van der Waals surface area contributed by atoms with E-state index in [-0.39, 0.29) is 30.8 Å². The first-order chi connectivity index (χ1) is 12.6. The van der Waals surface area contributed by atoms with Crippen LogP contribution in [-0.4, -0.2) is 71.7 Å². The molecule has 2 heterocycles. The van der Waals surface area contributed by atoms with E-state index in [4.69, 9.17) is 9.84 Å². The third-order valence-electron chi connectivity index (χ3n) is 4.55. The number of likely N-dealkylation sites (tertiary alicyclic amines) is 1. The molecule has 0 spiro atoms. The summed E-state index contributed by atoms with van der Waals surface area (Å²) >= 11 is 0. The lowest BCUT2D eigenvalue weighted by atomic mass is 9.90. The van der Waals surface area contributed by atoms with Gasteiger partial charge in [0.05, 0.1) is 17.9 Å². The van der Waals surface area contributed by atoms with Gasteiger partial charge in [0.2, 0.25) is 5.91 Å². The Kier molecular flexibility index (Phi) is 7.93. The lowest BCUT2D eigenvalue weighted by Crippen LogP contribution is -2.39. The van der Waals surface area contributed by atoms with E-state index in [2.05, 4.69) is 15.3 Å². The van der Waals surface area contributed by atoms with Gasteiger partial charge in [0.15, 0.2) is 0 Å². The number of hydrogen-bond donors (Lipinski definition) is 2. The summed E-state index contributed by atoms with van der Waals surface area (Å²) < 4.78 is 4.99. The predicted molar refractivity (Wildman–Crippen MR) is 95.9 cm³/mol. The van der Waals surface area contributed by atoms with Crippen molar-refractivity contribution < 1.29 is 19.4 Å². The highest BCUT2D eigenvalue weighted by Crippen LogP contribution is 2.29. The Labute approximate surface area is 154 Å². The van der Waals surface area contributed by atoms with Gasteiger partial charge in [0.1, 0.15) is 5.82 Å². The summed E-state index contributed by atoms with van der Waals surface area (Å²) in [5, 5.41) is 11.8. The first kappa shape index (κ1) is 20.3. The number of aliphatic hydroxyl groups excluding tert-OH is 1. The van der Waals surface area contributed by atoms with Gasteiger partial charge in [-0.05, 0) is 26.2 Å². The molecule has 1 saturated heterocycles. The zero-order valence-electron chi connectivity index (χ0n) is 15.5. The highest BCUT2D eigenvalue weighted by atomic mass is 16.5. The molecule has 1 aliphatic rings. The number of methoxy groups -OCH3 is 1. The van der Waals surface area contributed by atoms with E-state index in [0.29, 0.717) is 37.6 Å². The number of rotatable bonds is 8. The Morgan fingerprint density at radius 3 is 2.77 bits per heavy atom. The number of aryl methyl sites for hydroxylation is 1. The maximum absolute atomic E-state index is 12.5. The second kappa shape index (κ2) is 10.2. The number of nitrogens with zero attached hydrogens (tertiary/aromatic N) is 3. The van der Waals surface area contributed by atoms with Crippen molar-refractivity contribution in [2.75, 3.05) is 40.0 Å². The molecule has 144 valence electrons. The number of aromatic nitrogens is 2. The summed E-state index contributed by atoms with van der Waals surface area (Å²) in [6.07, 6.45) is 3.99. The van der Waals surface area contributed by atoms with Crippen molar-refractivity contribution in [3.8, 4) is 0 Å². The minimum Gasteiger partial charge on any atom is -0.396 e. The molecule has 2 amide bonds. The third kappa shape index (κ3) is 5.47. The fourth-order valence-electron chi connectivity index (χ4n) is 3.14. The van der Waals surface area contributed by atoms with Gasteiger partial charge in [-0.2, -0.15) is 0 Å². The summed E-state index contributed by atoms with van der Waals surface area (Å²) in [4.78, 5) is 34.9. The molecule has 0 bridgehead atoms. The van der Waals surface area contributed by atoms with Crippen molar-refractivity contribution >= 4 is 11.8 Å². The fourth-order valence-corrected chi connectivity index (χ4v) is 3.14. The van der Waals surface area contributed by atoms with Gasteiger partial charge in [0.25, 0.3) is 5.91 Å². The Hall–Kier alpha value is -2.06. The van der Waals surface area contributed by atoms with Crippen LogP contribution in [0.3, 0.4) is 0 Å². The van der Waals surface area contributed by atoms with Gasteiger partial charge in [-0.25, -0.2) is 9.97 Å². The zero-order valence-corrected chi connectivity index (χ0v) is 15.5. The number of nitrogens with one attached hydrogen (secondary N) is 1. The molecule has 8 nitrogen and oxygen atoms in total. The standard InChI is InChI=1S/C18H28N4O4/c1-13-20-12-15(18(25)19-7-3-11-26-2)17(21-13)14-4-8-22(9-5-14)16(24)6-10-23/h12,14,23H,3-11H2,1-2H3,(H,19,25). The van der Waals surface area contributed by atoms with E-state index in [1.54, 1.807) is 18.2 Å². The normalized spacial score (nSPS) is 15.1. The molecule has 1 aromatic rings. The summed E-state index contributed by atoms with van der Waals surface area (Å²) in [6.45, 7) is 4.04. The maximum atomic E-state index is 12.5. The van der Waals surface area contributed by atoms with Crippen molar-refractivity contribution in [2.24, 2.45) is 0 Å². The number of hydrogen-bond acceptors (Lipinski definition) is 6. The van der Waals surface area contributed by atoms with Gasteiger partial charge in [0, 0.05) is 51.9 Å². The summed E-state index contributed by atoms with van der Waals surface area (Å²) in [7, 11) is 1.63. The van der Waals surface area contributed by atoms with Crippen molar-refractivity contribution in [1.82, 2.24) is 20.2 Å². The van der Waals surface area contributed by atoms with Crippen LogP contribution >= 0.6 is 0 Å². The molecule has 0 radical (unpaired) electrons. The summed E-state index contributed by atoms with van der Waals surface area (Å²) in [6, 6.07) is 0. The van der Waals surface area contributed by atoms with E-state index in [1.165, 1.54) is 0 Å². The lowest BCUT2D eigenvalue weighted by molar-refractivity contribution is -0.132. The molecule has 1 fully saturated rings. The van der Waals surface area contributed by atoms with Crippen LogP contribution in [0.1, 0.15) is 53.5 Å². The molecule has 2 N–H and O–H groups in total. The largest absolute Gasteiger partial charge is 0.396 e. The Bertz CT molecular complexity index is 615. The highest BCUT2D eigenvalue weighted by Gasteiger charge is 2.27. The van der Waals surface area contributed by atoms with Crippen molar-refractivity contribution in [1.29, 1.82) is 0 Å². The molecule has 8 heteroatoms. The summed E-state index contributed by atoms with van der Waals surface area (Å²) in [5.41, 5.74) is 1.27. The second-order valence-electron chi connectivity index (χ2n) is 6.45. The first-order valence-corrected chi connectivity index (χ1v) is 9.06. The average Bonchev–Trinajstić information content (AvgIpc) is 2.65. The van der Waals surface area contributed by atoms with Gasteiger partial charge >= 0.3 is 0 Å². The lowest BCUT2D eigenvalue weighted by Gasteiger charge is -2.32. The van der Waals surface area contributed by atoms with E-state index >= 15 is 0 Å². The number of ether oxygens (including phenoxy) is 1. The molecule has 1 aliphatic heterocycles. The molecule has 26 heavy (non-hydrogen) atoms. The molecular weight excluding hydrogens is 336 g/mol. The van der Waals surface area contributed by atoms with Crippen molar-refractivity contribution in [3.05, 3.63) is 23.3 Å². The zero-order chi connectivity index (χ0) is 18.9. The Balaban J connectivity index is 2.03. The summed E-state index contributed by atoms with van der Waals surface area (Å²) in [5.74, 6) is 0.556. The van der Waals surface area contributed by atoms with Crippen LogP contribution in [0.4, 0.5) is 0 Å². The number of amides is 2. The molecule has 0 saturated carbocycles. The second-order valence-corrected chi connectivity index (χ2v) is 6.45. The molecule has 0 atom stereocenters. The van der Waals surface area contributed by atoms with Gasteiger partial charge < -0.3 is 20.1 Å².